The lowest BCUT2D eigenvalue weighted by molar-refractivity contribution is -0.139. The molecule has 11 nitrogen and oxygen atoms in total. The monoisotopic (exact) mass is 479 g/mol. The van der Waals surface area contributed by atoms with Crippen molar-refractivity contribution in [1.82, 2.24) is 25.6 Å². The minimum absolute atomic E-state index is 0.0370. The lowest BCUT2D eigenvalue weighted by Gasteiger charge is -2.14. The van der Waals surface area contributed by atoms with E-state index in [0.717, 1.165) is 22.3 Å². The van der Waals surface area contributed by atoms with Crippen LogP contribution in [0.3, 0.4) is 0 Å². The number of ether oxygens (including phenoxy) is 1. The summed E-state index contributed by atoms with van der Waals surface area (Å²) in [5, 5.41) is 30.4. The molecule has 1 heterocycles. The number of benzene rings is 2. The molecule has 0 fully saturated rings. The molecule has 3 aromatic rings. The Morgan fingerprint density at radius 1 is 1.06 bits per heavy atom. The molecular formula is C24H25N5O6. The Morgan fingerprint density at radius 2 is 1.71 bits per heavy atom. The zero-order chi connectivity index (χ0) is 24.8. The van der Waals surface area contributed by atoms with Gasteiger partial charge in [0.1, 0.15) is 12.6 Å². The van der Waals surface area contributed by atoms with Gasteiger partial charge in [0, 0.05) is 25.5 Å². The molecule has 0 spiro atoms. The maximum absolute atomic E-state index is 12.3. The van der Waals surface area contributed by atoms with E-state index in [1.807, 2.05) is 36.4 Å². The van der Waals surface area contributed by atoms with Gasteiger partial charge in [-0.15, -0.1) is 5.10 Å². The van der Waals surface area contributed by atoms with Crippen molar-refractivity contribution in [2.45, 2.75) is 24.9 Å². The van der Waals surface area contributed by atoms with Crippen LogP contribution in [0, 0.1) is 0 Å². The van der Waals surface area contributed by atoms with Gasteiger partial charge >= 0.3 is 12.1 Å². The molecule has 1 aliphatic rings. The van der Waals surface area contributed by atoms with Gasteiger partial charge in [-0.1, -0.05) is 53.7 Å². The Balaban J connectivity index is 1.25. The zero-order valence-corrected chi connectivity index (χ0v) is 18.8. The number of hydrogen-bond acceptors (Lipinski definition) is 7. The number of carbonyl (C=O) groups excluding carboxylic acids is 2. The Kier molecular flexibility index (Phi) is 7.36. The largest absolute Gasteiger partial charge is 0.480 e. The van der Waals surface area contributed by atoms with Crippen molar-refractivity contribution in [3.63, 3.8) is 0 Å². The number of rotatable bonds is 10. The molecule has 0 unspecified atom stereocenters. The molecule has 11 heteroatoms. The first-order chi connectivity index (χ1) is 17.0. The van der Waals surface area contributed by atoms with Gasteiger partial charge in [0.05, 0.1) is 12.7 Å². The van der Waals surface area contributed by atoms with Crippen molar-refractivity contribution < 1.29 is 29.3 Å². The Bertz CT molecular complexity index is 1180. The lowest BCUT2D eigenvalue weighted by Crippen LogP contribution is -2.41. The van der Waals surface area contributed by atoms with E-state index < -0.39 is 24.0 Å². The number of aliphatic carboxylic acids is 1. The molecule has 4 N–H and O–H groups in total. The molecule has 0 radical (unpaired) electrons. The molecule has 0 aliphatic heterocycles. The van der Waals surface area contributed by atoms with Gasteiger partial charge in [0.25, 0.3) is 5.91 Å². The third kappa shape index (κ3) is 5.46. The number of amides is 2. The Morgan fingerprint density at radius 3 is 2.34 bits per heavy atom. The molecular weight excluding hydrogens is 454 g/mol. The number of aliphatic hydroxyl groups is 1. The number of aliphatic hydroxyl groups excluding tert-OH is 1. The second-order valence-electron chi connectivity index (χ2n) is 8.00. The van der Waals surface area contributed by atoms with Gasteiger partial charge in [-0.25, -0.2) is 14.3 Å². The predicted octanol–water partition coefficient (Wildman–Crippen LogP) is 1.38. The molecule has 4 rings (SSSR count). The average molecular weight is 479 g/mol. The van der Waals surface area contributed by atoms with E-state index in [1.54, 1.807) is 0 Å². The number of hydrogen-bond donors (Lipinski definition) is 4. The standard InChI is InChI=1S/C24H25N5O6/c30-12-9-20(23(32)33)26-22(31)21-13-29(28-27-21)11-10-25-24(34)35-14-19-17-7-3-1-5-15(17)16-6-2-4-8-18(16)19/h1-8,13,19-20,30H,9-12,14H2,(H,25,34)(H,26,31)(H,32,33)/t20-/m0/s1. The van der Waals surface area contributed by atoms with E-state index >= 15 is 0 Å². The van der Waals surface area contributed by atoms with Crippen LogP contribution in [0.4, 0.5) is 4.79 Å². The summed E-state index contributed by atoms with van der Waals surface area (Å²) < 4.78 is 6.82. The minimum atomic E-state index is -1.26. The van der Waals surface area contributed by atoms with Crippen LogP contribution in [0.2, 0.25) is 0 Å². The van der Waals surface area contributed by atoms with Crippen molar-refractivity contribution >= 4 is 18.0 Å². The van der Waals surface area contributed by atoms with E-state index in [1.165, 1.54) is 10.9 Å². The Hall–Kier alpha value is -4.25. The number of carbonyl (C=O) groups is 3. The number of fused-ring (bicyclic) bond motifs is 3. The number of nitrogens with zero attached hydrogens (tertiary/aromatic N) is 3. The van der Waals surface area contributed by atoms with Crippen LogP contribution in [0.1, 0.15) is 34.0 Å². The van der Waals surface area contributed by atoms with E-state index in [2.05, 4.69) is 33.1 Å². The van der Waals surface area contributed by atoms with Crippen LogP contribution in [-0.2, 0) is 16.1 Å². The lowest BCUT2D eigenvalue weighted by atomic mass is 9.98. The fraction of sp³-hybridized carbons (Fsp3) is 0.292. The average Bonchev–Trinajstić information content (AvgIpc) is 3.45. The summed E-state index contributed by atoms with van der Waals surface area (Å²) in [6.07, 6.45) is 0.643. The first-order valence-electron chi connectivity index (χ1n) is 11.1. The first-order valence-corrected chi connectivity index (χ1v) is 11.1. The van der Waals surface area contributed by atoms with Gasteiger partial charge < -0.3 is 25.6 Å². The molecule has 182 valence electrons. The van der Waals surface area contributed by atoms with Crippen molar-refractivity contribution in [3.05, 3.63) is 71.5 Å². The quantitative estimate of drug-likeness (QED) is 0.340. The van der Waals surface area contributed by atoms with Crippen LogP contribution in [0.5, 0.6) is 0 Å². The number of carboxylic acids is 1. The summed E-state index contributed by atoms with van der Waals surface area (Å²) in [7, 11) is 0. The molecule has 0 saturated carbocycles. The first kappa shape index (κ1) is 23.9. The summed E-state index contributed by atoms with van der Waals surface area (Å²) in [4.78, 5) is 35.5. The predicted molar refractivity (Wildman–Crippen MR) is 124 cm³/mol. The molecule has 0 bridgehead atoms. The van der Waals surface area contributed by atoms with Crippen LogP contribution in [-0.4, -0.2) is 69.0 Å². The molecule has 2 aromatic carbocycles. The highest BCUT2D eigenvalue weighted by Gasteiger charge is 2.29. The normalized spacial score (nSPS) is 12.9. The summed E-state index contributed by atoms with van der Waals surface area (Å²) in [5.74, 6) is -2.02. The topological polar surface area (TPSA) is 156 Å². The summed E-state index contributed by atoms with van der Waals surface area (Å²) >= 11 is 0. The molecule has 35 heavy (non-hydrogen) atoms. The molecule has 1 aromatic heterocycles. The third-order valence-corrected chi connectivity index (χ3v) is 5.75. The molecule has 0 saturated heterocycles. The molecule has 1 atom stereocenters. The highest BCUT2D eigenvalue weighted by molar-refractivity contribution is 5.94. The van der Waals surface area contributed by atoms with Crippen molar-refractivity contribution in [2.24, 2.45) is 0 Å². The second-order valence-corrected chi connectivity index (χ2v) is 8.00. The van der Waals surface area contributed by atoms with Gasteiger partial charge in [-0.2, -0.15) is 0 Å². The van der Waals surface area contributed by atoms with Gasteiger partial charge in [-0.3, -0.25) is 4.79 Å². The van der Waals surface area contributed by atoms with Crippen molar-refractivity contribution in [3.8, 4) is 11.1 Å². The third-order valence-electron chi connectivity index (χ3n) is 5.75. The smallest absolute Gasteiger partial charge is 0.407 e. The van der Waals surface area contributed by atoms with Crippen LogP contribution in [0.25, 0.3) is 11.1 Å². The number of aromatic nitrogens is 3. The molecule has 2 amide bonds. The molecule has 1 aliphatic carbocycles. The summed E-state index contributed by atoms with van der Waals surface area (Å²) in [5.41, 5.74) is 4.47. The maximum atomic E-state index is 12.3. The fourth-order valence-corrected chi connectivity index (χ4v) is 4.05. The number of carboxylic acid groups (broad SMARTS) is 1. The summed E-state index contributed by atoms with van der Waals surface area (Å²) in [6, 6.07) is 14.9. The van der Waals surface area contributed by atoms with Gasteiger partial charge in [0.2, 0.25) is 0 Å². The van der Waals surface area contributed by atoms with Crippen molar-refractivity contribution in [1.29, 1.82) is 0 Å². The fourth-order valence-electron chi connectivity index (χ4n) is 4.05. The van der Waals surface area contributed by atoms with Crippen molar-refractivity contribution in [2.75, 3.05) is 19.8 Å². The van der Waals surface area contributed by atoms with E-state index in [4.69, 9.17) is 14.9 Å². The number of nitrogens with one attached hydrogen (secondary N) is 2. The maximum Gasteiger partial charge on any atom is 0.407 e. The Labute approximate surface area is 200 Å². The summed E-state index contributed by atoms with van der Waals surface area (Å²) in [6.45, 7) is 0.227. The van der Waals surface area contributed by atoms with E-state index in [0.29, 0.717) is 0 Å². The SMILES string of the molecule is O=C(NCCn1cc(C(=O)N[C@@H](CCO)C(=O)O)nn1)OCC1c2ccccc2-c2ccccc21. The second kappa shape index (κ2) is 10.8. The highest BCUT2D eigenvalue weighted by Crippen LogP contribution is 2.44. The van der Waals surface area contributed by atoms with E-state index in [9.17, 15) is 14.4 Å². The van der Waals surface area contributed by atoms with Crippen LogP contribution >= 0.6 is 0 Å². The zero-order valence-electron chi connectivity index (χ0n) is 18.8. The number of alkyl carbamates (subject to hydrolysis) is 1. The highest BCUT2D eigenvalue weighted by atomic mass is 16.5. The minimum Gasteiger partial charge on any atom is -0.480 e. The van der Waals surface area contributed by atoms with Gasteiger partial charge in [-0.05, 0) is 22.3 Å². The van der Waals surface area contributed by atoms with Gasteiger partial charge in [0.15, 0.2) is 5.69 Å². The van der Waals surface area contributed by atoms with Crippen LogP contribution in [0.15, 0.2) is 54.7 Å². The van der Waals surface area contributed by atoms with Crippen LogP contribution < -0.4 is 10.6 Å². The van der Waals surface area contributed by atoms with E-state index in [-0.39, 0.29) is 44.3 Å².